The van der Waals surface area contributed by atoms with Crippen molar-refractivity contribution in [1.82, 2.24) is 10.3 Å². The minimum Gasteiger partial charge on any atom is -0.393 e. The second kappa shape index (κ2) is 2.95. The second-order valence-corrected chi connectivity index (χ2v) is 2.00. The van der Waals surface area contributed by atoms with Gasteiger partial charge in [0.2, 0.25) is 5.88 Å². The molecule has 0 spiro atoms. The van der Waals surface area contributed by atoms with Crippen LogP contribution < -0.4 is 0 Å². The van der Waals surface area contributed by atoms with Crippen molar-refractivity contribution >= 4 is 17.0 Å². The summed E-state index contributed by atoms with van der Waals surface area (Å²) < 4.78 is 4.38. The maximum absolute atomic E-state index is 10.2. The van der Waals surface area contributed by atoms with Crippen molar-refractivity contribution in [2.45, 2.75) is 0 Å². The molecule has 0 amide bonds. The van der Waals surface area contributed by atoms with E-state index in [1.54, 1.807) is 0 Å². The third-order valence-corrected chi connectivity index (χ3v) is 0.999. The first-order valence-corrected chi connectivity index (χ1v) is 2.96. The van der Waals surface area contributed by atoms with Crippen LogP contribution in [0.15, 0.2) is 12.1 Å². The molecule has 0 unspecified atom stereocenters. The highest BCUT2D eigenvalue weighted by Gasteiger charge is 2.20. The molecule has 1 N–H and O–H groups in total. The first-order chi connectivity index (χ1) is 5.09. The predicted octanol–water partition coefficient (Wildman–Crippen LogP) is 0.644. The molecule has 0 aromatic carbocycles. The molecule has 1 aliphatic rings. The van der Waals surface area contributed by atoms with Gasteiger partial charge < -0.3 is 4.74 Å². The van der Waals surface area contributed by atoms with Crippen LogP contribution in [-0.4, -0.2) is 28.0 Å². The SMILES string of the molecule is CN1ON(O)C=C1OC(=O)Cl. The zero-order valence-corrected chi connectivity index (χ0v) is 6.28. The lowest BCUT2D eigenvalue weighted by Crippen LogP contribution is -2.18. The highest BCUT2D eigenvalue weighted by atomic mass is 35.5. The third kappa shape index (κ3) is 1.97. The summed E-state index contributed by atoms with van der Waals surface area (Å²) in [5, 5.41) is 10.1. The molecular formula is C4H5ClN2O4. The Morgan fingerprint density at radius 3 is 2.91 bits per heavy atom. The van der Waals surface area contributed by atoms with Crippen molar-refractivity contribution in [3.8, 4) is 0 Å². The van der Waals surface area contributed by atoms with E-state index >= 15 is 0 Å². The topological polar surface area (TPSA) is 62.2 Å². The molecule has 0 aromatic heterocycles. The highest BCUT2D eigenvalue weighted by Crippen LogP contribution is 2.14. The molecule has 0 atom stereocenters. The minimum atomic E-state index is -0.998. The van der Waals surface area contributed by atoms with Gasteiger partial charge in [-0.1, -0.05) is 0 Å². The van der Waals surface area contributed by atoms with E-state index in [0.29, 0.717) is 5.23 Å². The normalized spacial score (nSPS) is 16.8. The quantitative estimate of drug-likeness (QED) is 0.598. The molecule has 0 aromatic rings. The Kier molecular flexibility index (Phi) is 2.18. The zero-order valence-electron chi connectivity index (χ0n) is 5.52. The van der Waals surface area contributed by atoms with Gasteiger partial charge in [0.25, 0.3) is 0 Å². The molecule has 1 heterocycles. The molecular weight excluding hydrogens is 176 g/mol. The Morgan fingerprint density at radius 2 is 2.55 bits per heavy atom. The predicted molar refractivity (Wildman–Crippen MR) is 32.9 cm³/mol. The number of hydroxylamine groups is 4. The fourth-order valence-electron chi connectivity index (χ4n) is 0.538. The Labute approximate surface area is 67.0 Å². The lowest BCUT2D eigenvalue weighted by atomic mass is 10.8. The van der Waals surface area contributed by atoms with Gasteiger partial charge in [-0.15, -0.1) is 10.2 Å². The Morgan fingerprint density at radius 1 is 1.91 bits per heavy atom. The molecule has 0 saturated heterocycles. The third-order valence-electron chi connectivity index (χ3n) is 0.922. The number of rotatable bonds is 1. The van der Waals surface area contributed by atoms with Crippen molar-refractivity contribution in [1.29, 1.82) is 0 Å². The van der Waals surface area contributed by atoms with Gasteiger partial charge in [-0.05, 0) is 0 Å². The fraction of sp³-hybridized carbons (Fsp3) is 0.250. The molecule has 0 aliphatic carbocycles. The van der Waals surface area contributed by atoms with Gasteiger partial charge in [0.1, 0.15) is 6.20 Å². The average Bonchev–Trinajstić information content (AvgIpc) is 2.09. The van der Waals surface area contributed by atoms with Crippen LogP contribution in [0.4, 0.5) is 4.79 Å². The van der Waals surface area contributed by atoms with Crippen LogP contribution in [0.3, 0.4) is 0 Å². The number of hydrogen-bond acceptors (Lipinski definition) is 6. The fourth-order valence-corrected chi connectivity index (χ4v) is 0.617. The number of carbonyl (C=O) groups is 1. The Balaban J connectivity index is 2.57. The van der Waals surface area contributed by atoms with Gasteiger partial charge in [0.05, 0.1) is 0 Å². The van der Waals surface area contributed by atoms with Gasteiger partial charge in [-0.3, -0.25) is 5.21 Å². The summed E-state index contributed by atoms with van der Waals surface area (Å²) in [5.41, 5.74) is -0.998. The molecule has 1 aliphatic heterocycles. The van der Waals surface area contributed by atoms with E-state index in [1.165, 1.54) is 7.05 Å². The number of nitrogens with zero attached hydrogens (tertiary/aromatic N) is 2. The Hall–Kier alpha value is -0.980. The smallest absolute Gasteiger partial charge is 0.393 e. The molecule has 0 fully saturated rings. The summed E-state index contributed by atoms with van der Waals surface area (Å²) in [6.07, 6.45) is 1.04. The number of hydrogen-bond donors (Lipinski definition) is 1. The average molecular weight is 181 g/mol. The summed E-state index contributed by atoms with van der Waals surface area (Å²) >= 11 is 4.89. The van der Waals surface area contributed by atoms with Crippen LogP contribution in [0, 0.1) is 0 Å². The first-order valence-electron chi connectivity index (χ1n) is 2.58. The van der Waals surface area contributed by atoms with E-state index in [-0.39, 0.29) is 5.88 Å². The minimum absolute atomic E-state index is 0.00694. The number of ether oxygens (including phenoxy) is 1. The standard InChI is InChI=1S/C4H5ClN2O4/c1-6-3(10-4(5)8)2-7(9)11-6/h2,9H,1H3. The second-order valence-electron chi connectivity index (χ2n) is 1.69. The summed E-state index contributed by atoms with van der Waals surface area (Å²) in [6.45, 7) is 0. The van der Waals surface area contributed by atoms with Crippen LogP contribution in [-0.2, 0) is 9.68 Å². The van der Waals surface area contributed by atoms with E-state index in [0.717, 1.165) is 11.3 Å². The monoisotopic (exact) mass is 180 g/mol. The molecule has 7 heteroatoms. The molecule has 11 heavy (non-hydrogen) atoms. The van der Waals surface area contributed by atoms with Crippen molar-refractivity contribution in [2.75, 3.05) is 7.05 Å². The number of halogens is 1. The highest BCUT2D eigenvalue weighted by molar-refractivity contribution is 6.61. The summed E-state index contributed by atoms with van der Waals surface area (Å²) in [6, 6.07) is 0. The molecule has 0 saturated carbocycles. The zero-order chi connectivity index (χ0) is 8.43. The van der Waals surface area contributed by atoms with Crippen LogP contribution in [0.25, 0.3) is 0 Å². The van der Waals surface area contributed by atoms with Crippen LogP contribution in [0.2, 0.25) is 0 Å². The van der Waals surface area contributed by atoms with Gasteiger partial charge in [0.15, 0.2) is 0 Å². The molecule has 0 radical (unpaired) electrons. The van der Waals surface area contributed by atoms with E-state index in [4.69, 9.17) is 16.8 Å². The largest absolute Gasteiger partial charge is 0.410 e. The summed E-state index contributed by atoms with van der Waals surface area (Å²) in [5.74, 6) is 0.00694. The lowest BCUT2D eigenvalue weighted by molar-refractivity contribution is -0.379. The van der Waals surface area contributed by atoms with E-state index in [9.17, 15) is 4.79 Å². The van der Waals surface area contributed by atoms with Crippen molar-refractivity contribution in [3.05, 3.63) is 12.1 Å². The van der Waals surface area contributed by atoms with Crippen molar-refractivity contribution in [2.24, 2.45) is 0 Å². The van der Waals surface area contributed by atoms with Crippen molar-refractivity contribution < 1.29 is 19.7 Å². The maximum atomic E-state index is 10.2. The first kappa shape index (κ1) is 8.12. The van der Waals surface area contributed by atoms with E-state index in [1.807, 2.05) is 0 Å². The van der Waals surface area contributed by atoms with Crippen LogP contribution in [0.1, 0.15) is 0 Å². The summed E-state index contributed by atoms with van der Waals surface area (Å²) in [7, 11) is 1.43. The summed E-state index contributed by atoms with van der Waals surface area (Å²) in [4.78, 5) is 14.6. The van der Waals surface area contributed by atoms with E-state index in [2.05, 4.69) is 9.68 Å². The van der Waals surface area contributed by atoms with Crippen LogP contribution in [0.5, 0.6) is 0 Å². The molecule has 62 valence electrons. The Bertz CT molecular complexity index is 206. The van der Waals surface area contributed by atoms with Gasteiger partial charge in [-0.25, -0.2) is 4.79 Å². The van der Waals surface area contributed by atoms with Crippen molar-refractivity contribution in [3.63, 3.8) is 0 Å². The maximum Gasteiger partial charge on any atom is 0.410 e. The molecule has 1 rings (SSSR count). The van der Waals surface area contributed by atoms with E-state index < -0.39 is 5.43 Å². The van der Waals surface area contributed by atoms with Gasteiger partial charge in [0, 0.05) is 18.6 Å². The number of carbonyl (C=O) groups excluding carboxylic acids is 1. The molecule has 0 bridgehead atoms. The van der Waals surface area contributed by atoms with Gasteiger partial charge >= 0.3 is 5.43 Å². The molecule has 6 nitrogen and oxygen atoms in total. The van der Waals surface area contributed by atoms with Gasteiger partial charge in [-0.2, -0.15) is 5.06 Å². The van der Waals surface area contributed by atoms with Crippen LogP contribution >= 0.6 is 11.6 Å². The lowest BCUT2D eigenvalue weighted by Gasteiger charge is -2.11.